The van der Waals surface area contributed by atoms with Crippen molar-refractivity contribution >= 4 is 11.8 Å². The van der Waals surface area contributed by atoms with Gasteiger partial charge in [-0.05, 0) is 30.0 Å². The molecule has 0 atom stereocenters. The highest BCUT2D eigenvalue weighted by molar-refractivity contribution is 5.97. The highest BCUT2D eigenvalue weighted by Gasteiger charge is 2.20. The average Bonchev–Trinajstić information content (AvgIpc) is 2.66. The third-order valence-corrected chi connectivity index (χ3v) is 4.12. The van der Waals surface area contributed by atoms with Gasteiger partial charge in [-0.1, -0.05) is 56.3 Å². The molecule has 2 N–H and O–H groups in total. The average molecular weight is 368 g/mol. The van der Waals surface area contributed by atoms with E-state index in [-0.39, 0.29) is 12.3 Å². The van der Waals surface area contributed by atoms with E-state index in [4.69, 9.17) is 10.5 Å². The maximum absolute atomic E-state index is 13.1. The van der Waals surface area contributed by atoms with Crippen molar-refractivity contribution in [3.8, 4) is 5.75 Å². The number of carbonyl (C=O) groups is 2. The van der Waals surface area contributed by atoms with Crippen LogP contribution in [-0.4, -0.2) is 36.4 Å². The molecular weight excluding hydrogens is 340 g/mol. The largest absolute Gasteiger partial charge is 0.492 e. The minimum atomic E-state index is -0.420. The van der Waals surface area contributed by atoms with Crippen molar-refractivity contribution in [2.75, 3.05) is 19.7 Å². The Labute approximate surface area is 161 Å². The Balaban J connectivity index is 2.16. The van der Waals surface area contributed by atoms with Crippen molar-refractivity contribution in [1.29, 1.82) is 0 Å². The molecule has 0 radical (unpaired) electrons. The lowest BCUT2D eigenvalue weighted by Gasteiger charge is -2.24. The molecule has 0 saturated carbocycles. The quantitative estimate of drug-likeness (QED) is 0.699. The second kappa shape index (κ2) is 10.4. The van der Waals surface area contributed by atoms with Gasteiger partial charge in [-0.15, -0.1) is 0 Å². The maximum Gasteiger partial charge on any atom is 0.257 e. The molecule has 5 heteroatoms. The summed E-state index contributed by atoms with van der Waals surface area (Å²) in [5, 5.41) is 0. The fourth-order valence-electron chi connectivity index (χ4n) is 2.66. The van der Waals surface area contributed by atoms with Gasteiger partial charge in [0.2, 0.25) is 5.91 Å². The van der Waals surface area contributed by atoms with Crippen LogP contribution in [0.25, 0.3) is 0 Å². The number of amides is 2. The van der Waals surface area contributed by atoms with Crippen LogP contribution >= 0.6 is 0 Å². The minimum absolute atomic E-state index is 0.134. The van der Waals surface area contributed by atoms with E-state index in [1.807, 2.05) is 42.5 Å². The van der Waals surface area contributed by atoms with Crippen LogP contribution in [0.5, 0.6) is 5.75 Å². The second-order valence-corrected chi connectivity index (χ2v) is 6.95. The normalized spacial score (nSPS) is 10.6. The van der Waals surface area contributed by atoms with Crippen LogP contribution in [0.2, 0.25) is 0 Å². The first-order valence-electron chi connectivity index (χ1n) is 9.30. The third kappa shape index (κ3) is 6.77. The minimum Gasteiger partial charge on any atom is -0.492 e. The molecule has 0 heterocycles. The van der Waals surface area contributed by atoms with Crippen LogP contribution in [0.15, 0.2) is 54.6 Å². The van der Waals surface area contributed by atoms with Gasteiger partial charge in [0.15, 0.2) is 0 Å². The van der Waals surface area contributed by atoms with Gasteiger partial charge in [-0.25, -0.2) is 0 Å². The Morgan fingerprint density at radius 1 is 1.00 bits per heavy atom. The summed E-state index contributed by atoms with van der Waals surface area (Å²) in [5.41, 5.74) is 6.94. The van der Waals surface area contributed by atoms with E-state index in [2.05, 4.69) is 13.8 Å². The standard InChI is InChI=1S/C22H28N2O3/c1-17(2)16-27-20-11-7-6-10-19(20)22(26)24(15-13-21(23)25)14-12-18-8-4-3-5-9-18/h3-11,17H,12-16H2,1-2H3,(H2,23,25). The van der Waals surface area contributed by atoms with E-state index in [9.17, 15) is 9.59 Å². The highest BCUT2D eigenvalue weighted by Crippen LogP contribution is 2.21. The van der Waals surface area contributed by atoms with Gasteiger partial charge in [-0.2, -0.15) is 0 Å². The van der Waals surface area contributed by atoms with E-state index in [1.54, 1.807) is 17.0 Å². The number of ether oxygens (including phenoxy) is 1. The Kier molecular flexibility index (Phi) is 7.86. The SMILES string of the molecule is CC(C)COc1ccccc1C(=O)N(CCC(N)=O)CCc1ccccc1. The van der Waals surface area contributed by atoms with Crippen molar-refractivity contribution < 1.29 is 14.3 Å². The van der Waals surface area contributed by atoms with Crippen molar-refractivity contribution in [3.63, 3.8) is 0 Å². The number of rotatable bonds is 10. The number of hydrogen-bond donors (Lipinski definition) is 1. The fourth-order valence-corrected chi connectivity index (χ4v) is 2.66. The molecule has 5 nitrogen and oxygen atoms in total. The molecule has 0 aliphatic carbocycles. The molecule has 0 aliphatic rings. The molecule has 0 bridgehead atoms. The fraction of sp³-hybridized carbons (Fsp3) is 0.364. The van der Waals surface area contributed by atoms with Gasteiger partial charge in [0.1, 0.15) is 5.75 Å². The predicted octanol–water partition coefficient (Wildman–Crippen LogP) is 3.28. The monoisotopic (exact) mass is 368 g/mol. The number of hydrogen-bond acceptors (Lipinski definition) is 3. The number of para-hydroxylation sites is 1. The Morgan fingerprint density at radius 2 is 1.67 bits per heavy atom. The lowest BCUT2D eigenvalue weighted by Crippen LogP contribution is -2.36. The summed E-state index contributed by atoms with van der Waals surface area (Å²) in [6.45, 7) is 5.46. The van der Waals surface area contributed by atoms with Crippen molar-refractivity contribution in [2.24, 2.45) is 11.7 Å². The zero-order valence-corrected chi connectivity index (χ0v) is 16.1. The van der Waals surface area contributed by atoms with E-state index in [0.717, 1.165) is 5.56 Å². The van der Waals surface area contributed by atoms with Crippen LogP contribution in [0, 0.1) is 5.92 Å². The van der Waals surface area contributed by atoms with Crippen molar-refractivity contribution in [3.05, 3.63) is 65.7 Å². The van der Waals surface area contributed by atoms with Gasteiger partial charge in [-0.3, -0.25) is 9.59 Å². The molecular formula is C22H28N2O3. The molecule has 0 aromatic heterocycles. The maximum atomic E-state index is 13.1. The van der Waals surface area contributed by atoms with Gasteiger partial charge in [0, 0.05) is 19.5 Å². The van der Waals surface area contributed by atoms with Crippen LogP contribution in [-0.2, 0) is 11.2 Å². The summed E-state index contributed by atoms with van der Waals surface area (Å²) in [5.74, 6) is 0.362. The lowest BCUT2D eigenvalue weighted by molar-refractivity contribution is -0.118. The zero-order chi connectivity index (χ0) is 19.6. The zero-order valence-electron chi connectivity index (χ0n) is 16.1. The third-order valence-electron chi connectivity index (χ3n) is 4.12. The molecule has 2 aromatic rings. The second-order valence-electron chi connectivity index (χ2n) is 6.95. The number of benzene rings is 2. The van der Waals surface area contributed by atoms with E-state index in [1.165, 1.54) is 0 Å². The number of primary amides is 1. The Morgan fingerprint density at radius 3 is 2.33 bits per heavy atom. The van der Waals surface area contributed by atoms with Crippen LogP contribution in [0.3, 0.4) is 0 Å². The molecule has 2 aromatic carbocycles. The Bertz CT molecular complexity index is 744. The molecule has 0 fully saturated rings. The molecule has 0 saturated heterocycles. The highest BCUT2D eigenvalue weighted by atomic mass is 16.5. The van der Waals surface area contributed by atoms with Gasteiger partial charge in [0.25, 0.3) is 5.91 Å². The molecule has 2 amide bonds. The molecule has 0 spiro atoms. The summed E-state index contributed by atoms with van der Waals surface area (Å²) < 4.78 is 5.82. The van der Waals surface area contributed by atoms with E-state index >= 15 is 0 Å². The molecule has 0 aliphatic heterocycles. The molecule has 27 heavy (non-hydrogen) atoms. The van der Waals surface area contributed by atoms with Gasteiger partial charge < -0.3 is 15.4 Å². The number of nitrogens with zero attached hydrogens (tertiary/aromatic N) is 1. The predicted molar refractivity (Wildman–Crippen MR) is 107 cm³/mol. The van der Waals surface area contributed by atoms with Crippen LogP contribution < -0.4 is 10.5 Å². The first-order chi connectivity index (χ1) is 13.0. The smallest absolute Gasteiger partial charge is 0.257 e. The van der Waals surface area contributed by atoms with Crippen LogP contribution in [0.4, 0.5) is 0 Å². The summed E-state index contributed by atoms with van der Waals surface area (Å²) in [6, 6.07) is 17.2. The van der Waals surface area contributed by atoms with Crippen molar-refractivity contribution in [2.45, 2.75) is 26.7 Å². The summed E-state index contributed by atoms with van der Waals surface area (Å²) >= 11 is 0. The molecule has 2 rings (SSSR count). The summed E-state index contributed by atoms with van der Waals surface area (Å²) in [7, 11) is 0. The lowest BCUT2D eigenvalue weighted by atomic mass is 10.1. The van der Waals surface area contributed by atoms with Gasteiger partial charge in [0.05, 0.1) is 12.2 Å². The first-order valence-corrected chi connectivity index (χ1v) is 9.30. The van der Waals surface area contributed by atoms with Crippen molar-refractivity contribution in [1.82, 2.24) is 4.90 Å². The summed E-state index contributed by atoms with van der Waals surface area (Å²) in [4.78, 5) is 26.1. The number of carbonyl (C=O) groups excluding carboxylic acids is 2. The summed E-state index contributed by atoms with van der Waals surface area (Å²) in [6.07, 6.45) is 0.843. The van der Waals surface area contributed by atoms with Gasteiger partial charge >= 0.3 is 0 Å². The van der Waals surface area contributed by atoms with Crippen LogP contribution in [0.1, 0.15) is 36.2 Å². The Hall–Kier alpha value is -2.82. The first kappa shape index (κ1) is 20.5. The van der Waals surface area contributed by atoms with E-state index in [0.29, 0.717) is 43.3 Å². The molecule has 0 unspecified atom stereocenters. The number of nitrogens with two attached hydrogens (primary N) is 1. The molecule has 144 valence electrons. The van der Waals surface area contributed by atoms with E-state index < -0.39 is 5.91 Å². The topological polar surface area (TPSA) is 72.6 Å².